The standard InChI is InChI=1S/C11H17N3O3S/c1-4-17-8(15)7-13-10(16)14-11(2,3)9-12-5-6-18-9/h5-6H,4,7H2,1-3H3,(H2,13,14,16). The van der Waals surface area contributed by atoms with Crippen molar-refractivity contribution in [3.8, 4) is 0 Å². The van der Waals surface area contributed by atoms with Crippen LogP contribution in [0.2, 0.25) is 0 Å². The molecule has 0 fully saturated rings. The lowest BCUT2D eigenvalue weighted by Crippen LogP contribution is -2.47. The number of carbonyl (C=O) groups is 2. The van der Waals surface area contributed by atoms with Gasteiger partial charge in [0.05, 0.1) is 12.1 Å². The van der Waals surface area contributed by atoms with Crippen LogP contribution in [0.15, 0.2) is 11.6 Å². The van der Waals surface area contributed by atoms with Crippen molar-refractivity contribution in [2.75, 3.05) is 13.2 Å². The molecule has 0 bridgehead atoms. The third-order valence-corrected chi connectivity index (χ3v) is 3.19. The van der Waals surface area contributed by atoms with Crippen molar-refractivity contribution in [3.63, 3.8) is 0 Å². The third-order valence-electron chi connectivity index (χ3n) is 2.09. The Labute approximate surface area is 110 Å². The van der Waals surface area contributed by atoms with E-state index < -0.39 is 17.5 Å². The molecule has 1 heterocycles. The van der Waals surface area contributed by atoms with Crippen LogP contribution < -0.4 is 10.6 Å². The molecule has 6 nitrogen and oxygen atoms in total. The minimum Gasteiger partial charge on any atom is -0.465 e. The van der Waals surface area contributed by atoms with Gasteiger partial charge >= 0.3 is 12.0 Å². The van der Waals surface area contributed by atoms with Crippen molar-refractivity contribution in [1.29, 1.82) is 0 Å². The minimum absolute atomic E-state index is 0.145. The van der Waals surface area contributed by atoms with Gasteiger partial charge in [-0.1, -0.05) is 0 Å². The first-order chi connectivity index (χ1) is 8.45. The highest BCUT2D eigenvalue weighted by Crippen LogP contribution is 2.21. The highest BCUT2D eigenvalue weighted by molar-refractivity contribution is 7.09. The molecule has 1 rings (SSSR count). The SMILES string of the molecule is CCOC(=O)CNC(=O)NC(C)(C)c1nccs1. The summed E-state index contributed by atoms with van der Waals surface area (Å²) in [7, 11) is 0. The van der Waals surface area contributed by atoms with Crippen LogP contribution >= 0.6 is 11.3 Å². The Morgan fingerprint density at radius 3 is 2.78 bits per heavy atom. The zero-order valence-electron chi connectivity index (χ0n) is 10.6. The maximum Gasteiger partial charge on any atom is 0.325 e. The second-order valence-electron chi connectivity index (χ2n) is 4.07. The number of ether oxygens (including phenoxy) is 1. The molecule has 7 heteroatoms. The van der Waals surface area contributed by atoms with Crippen molar-refractivity contribution in [2.45, 2.75) is 26.3 Å². The summed E-state index contributed by atoms with van der Waals surface area (Å²) in [5, 5.41) is 7.83. The lowest BCUT2D eigenvalue weighted by atomic mass is 10.1. The van der Waals surface area contributed by atoms with Gasteiger partial charge in [-0.3, -0.25) is 4.79 Å². The Kier molecular flexibility index (Phi) is 5.08. The molecule has 0 aliphatic heterocycles. The van der Waals surface area contributed by atoms with Crippen LogP contribution in [0.5, 0.6) is 0 Å². The van der Waals surface area contributed by atoms with Gasteiger partial charge in [0, 0.05) is 11.6 Å². The van der Waals surface area contributed by atoms with E-state index in [4.69, 9.17) is 4.74 Å². The second-order valence-corrected chi connectivity index (χ2v) is 4.97. The van der Waals surface area contributed by atoms with E-state index in [1.54, 1.807) is 13.1 Å². The van der Waals surface area contributed by atoms with Crippen molar-refractivity contribution < 1.29 is 14.3 Å². The van der Waals surface area contributed by atoms with E-state index in [1.807, 2.05) is 19.2 Å². The molecule has 1 aromatic rings. The molecule has 0 aliphatic rings. The topological polar surface area (TPSA) is 80.3 Å². The predicted octanol–water partition coefficient (Wildman–Crippen LogP) is 1.24. The van der Waals surface area contributed by atoms with Gasteiger partial charge in [-0.15, -0.1) is 11.3 Å². The summed E-state index contributed by atoms with van der Waals surface area (Å²) >= 11 is 1.46. The molecule has 100 valence electrons. The fourth-order valence-electron chi connectivity index (χ4n) is 1.28. The maximum atomic E-state index is 11.6. The molecule has 2 N–H and O–H groups in total. The van der Waals surface area contributed by atoms with Gasteiger partial charge in [0.15, 0.2) is 0 Å². The molecular weight excluding hydrogens is 254 g/mol. The first kappa shape index (κ1) is 14.4. The fraction of sp³-hybridized carbons (Fsp3) is 0.545. The van der Waals surface area contributed by atoms with Crippen molar-refractivity contribution in [3.05, 3.63) is 16.6 Å². The number of urea groups is 1. The van der Waals surface area contributed by atoms with Gasteiger partial charge in [0.1, 0.15) is 11.6 Å². The van der Waals surface area contributed by atoms with Gasteiger partial charge in [0.25, 0.3) is 0 Å². The summed E-state index contributed by atoms with van der Waals surface area (Å²) < 4.78 is 4.70. The Balaban J connectivity index is 2.43. The van der Waals surface area contributed by atoms with Gasteiger partial charge in [-0.05, 0) is 20.8 Å². The van der Waals surface area contributed by atoms with Gasteiger partial charge < -0.3 is 15.4 Å². The Hall–Kier alpha value is -1.63. The predicted molar refractivity (Wildman–Crippen MR) is 68.3 cm³/mol. The fourth-order valence-corrected chi connectivity index (χ4v) is 2.00. The van der Waals surface area contributed by atoms with Crippen LogP contribution in [-0.2, 0) is 15.1 Å². The van der Waals surface area contributed by atoms with E-state index in [0.29, 0.717) is 6.61 Å². The molecule has 0 aromatic carbocycles. The monoisotopic (exact) mass is 271 g/mol. The number of nitrogens with one attached hydrogen (secondary N) is 2. The molecule has 0 atom stereocenters. The number of thiazole rings is 1. The Morgan fingerprint density at radius 2 is 2.22 bits per heavy atom. The van der Waals surface area contributed by atoms with Crippen LogP contribution in [0, 0.1) is 0 Å². The number of nitrogens with zero attached hydrogens (tertiary/aromatic N) is 1. The number of hydrogen-bond acceptors (Lipinski definition) is 5. The van der Waals surface area contributed by atoms with Crippen LogP contribution in [0.1, 0.15) is 25.8 Å². The van der Waals surface area contributed by atoms with Crippen molar-refractivity contribution in [2.24, 2.45) is 0 Å². The number of hydrogen-bond donors (Lipinski definition) is 2. The lowest BCUT2D eigenvalue weighted by molar-refractivity contribution is -0.141. The van der Waals surface area contributed by atoms with Crippen molar-refractivity contribution in [1.82, 2.24) is 15.6 Å². The largest absolute Gasteiger partial charge is 0.465 e. The number of aromatic nitrogens is 1. The van der Waals surface area contributed by atoms with Crippen LogP contribution in [0.25, 0.3) is 0 Å². The molecule has 0 unspecified atom stereocenters. The average molecular weight is 271 g/mol. The van der Waals surface area contributed by atoms with Gasteiger partial charge in [-0.2, -0.15) is 0 Å². The summed E-state index contributed by atoms with van der Waals surface area (Å²) in [5.74, 6) is -0.459. The molecule has 0 radical (unpaired) electrons. The van der Waals surface area contributed by atoms with E-state index in [9.17, 15) is 9.59 Å². The number of rotatable bonds is 5. The third kappa shape index (κ3) is 4.33. The zero-order chi connectivity index (χ0) is 13.6. The Morgan fingerprint density at radius 1 is 1.50 bits per heavy atom. The number of esters is 1. The van der Waals surface area contributed by atoms with Crippen LogP contribution in [-0.4, -0.2) is 30.1 Å². The van der Waals surface area contributed by atoms with E-state index in [-0.39, 0.29) is 6.54 Å². The van der Waals surface area contributed by atoms with Crippen LogP contribution in [0.4, 0.5) is 4.79 Å². The maximum absolute atomic E-state index is 11.6. The molecule has 0 saturated heterocycles. The summed E-state index contributed by atoms with van der Waals surface area (Å²) in [6.45, 7) is 5.55. The van der Waals surface area contributed by atoms with E-state index in [0.717, 1.165) is 5.01 Å². The summed E-state index contributed by atoms with van der Waals surface area (Å²) in [4.78, 5) is 26.8. The minimum atomic E-state index is -0.576. The summed E-state index contributed by atoms with van der Waals surface area (Å²) in [5.41, 5.74) is -0.576. The normalized spacial score (nSPS) is 10.8. The second kappa shape index (κ2) is 6.34. The summed E-state index contributed by atoms with van der Waals surface area (Å²) in [6, 6.07) is -0.428. The highest BCUT2D eigenvalue weighted by Gasteiger charge is 2.25. The van der Waals surface area contributed by atoms with Gasteiger partial charge in [-0.25, -0.2) is 9.78 Å². The quantitative estimate of drug-likeness (QED) is 0.790. The van der Waals surface area contributed by atoms with Gasteiger partial charge in [0.2, 0.25) is 0 Å². The summed E-state index contributed by atoms with van der Waals surface area (Å²) in [6.07, 6.45) is 1.68. The molecule has 0 saturated carbocycles. The van der Waals surface area contributed by atoms with E-state index in [1.165, 1.54) is 11.3 Å². The van der Waals surface area contributed by atoms with Crippen molar-refractivity contribution >= 4 is 23.3 Å². The lowest BCUT2D eigenvalue weighted by Gasteiger charge is -2.23. The molecule has 0 aliphatic carbocycles. The van der Waals surface area contributed by atoms with E-state index >= 15 is 0 Å². The van der Waals surface area contributed by atoms with E-state index in [2.05, 4.69) is 15.6 Å². The number of amides is 2. The highest BCUT2D eigenvalue weighted by atomic mass is 32.1. The molecule has 1 aromatic heterocycles. The average Bonchev–Trinajstić information content (AvgIpc) is 2.80. The first-order valence-electron chi connectivity index (χ1n) is 5.57. The smallest absolute Gasteiger partial charge is 0.325 e. The molecule has 0 spiro atoms. The van der Waals surface area contributed by atoms with Crippen LogP contribution in [0.3, 0.4) is 0 Å². The molecular formula is C11H17N3O3S. The zero-order valence-corrected chi connectivity index (χ0v) is 11.5. The molecule has 18 heavy (non-hydrogen) atoms. The number of carbonyl (C=O) groups excluding carboxylic acids is 2. The first-order valence-corrected chi connectivity index (χ1v) is 6.45. The Bertz CT molecular complexity index is 404. The molecule has 2 amide bonds.